The molecule has 1 aromatic rings. The number of nitriles is 1. The molecule has 0 saturated carbocycles. The van der Waals surface area contributed by atoms with E-state index in [4.69, 9.17) is 4.74 Å². The third-order valence-corrected chi connectivity index (χ3v) is 2.73. The topological polar surface area (TPSA) is 38.9 Å². The highest BCUT2D eigenvalue weighted by molar-refractivity contribution is 5.32. The molecule has 0 bridgehead atoms. The lowest BCUT2D eigenvalue weighted by Gasteiger charge is -2.14. The van der Waals surface area contributed by atoms with Gasteiger partial charge in [0.15, 0.2) is 0 Å². The fourth-order valence-electron chi connectivity index (χ4n) is 1.74. The second kappa shape index (κ2) is 6.14. The smallest absolute Gasteiger partial charge is 0.244 e. The van der Waals surface area contributed by atoms with E-state index in [0.717, 1.165) is 24.4 Å². The van der Waals surface area contributed by atoms with E-state index in [2.05, 4.69) is 24.8 Å². The molecule has 0 aliphatic rings. The zero-order valence-electron chi connectivity index (χ0n) is 10.1. The summed E-state index contributed by atoms with van der Waals surface area (Å²) in [4.78, 5) is 2.13. The minimum absolute atomic E-state index is 0.166. The van der Waals surface area contributed by atoms with E-state index in [9.17, 15) is 5.26 Å². The number of hydrogen-bond acceptors (Lipinski definition) is 3. The average Bonchev–Trinajstić information content (AvgIpc) is 2.36. The highest BCUT2D eigenvalue weighted by atomic mass is 16.5. The van der Waals surface area contributed by atoms with Crippen LogP contribution in [-0.2, 0) is 0 Å². The molecule has 85 valence electrons. The Bertz CT molecular complexity index is 349. The Balaban J connectivity index is 2.91. The number of nitrogens with zero attached hydrogens (tertiary/aromatic N) is 2. The number of rotatable bonds is 5. The Morgan fingerprint density at radius 2 is 1.81 bits per heavy atom. The van der Waals surface area contributed by atoms with Gasteiger partial charge >= 0.3 is 0 Å². The van der Waals surface area contributed by atoms with Crippen LogP contribution in [0.25, 0.3) is 0 Å². The van der Waals surface area contributed by atoms with E-state index >= 15 is 0 Å². The van der Waals surface area contributed by atoms with Crippen molar-refractivity contribution in [3.63, 3.8) is 0 Å². The molecule has 1 radical (unpaired) electrons. The quantitative estimate of drug-likeness (QED) is 0.712. The maximum Gasteiger partial charge on any atom is 0.244 e. The zero-order valence-corrected chi connectivity index (χ0v) is 10.1. The number of benzene rings is 1. The Hall–Kier alpha value is -1.53. The number of ether oxygens (including phenoxy) is 1. The molecular weight excluding hydrogens is 200 g/mol. The molecule has 0 saturated heterocycles. The molecule has 1 atom stereocenters. The maximum atomic E-state index is 9.22. The highest BCUT2D eigenvalue weighted by Gasteiger charge is 2.25. The van der Waals surface area contributed by atoms with Crippen molar-refractivity contribution in [1.29, 1.82) is 5.26 Å². The summed E-state index contributed by atoms with van der Waals surface area (Å²) in [6.45, 7) is 5.89. The lowest BCUT2D eigenvalue weighted by Crippen LogP contribution is -2.33. The Morgan fingerprint density at radius 3 is 2.19 bits per heavy atom. The average molecular weight is 218 g/mol. The van der Waals surface area contributed by atoms with E-state index in [1.807, 2.05) is 24.3 Å². The Labute approximate surface area is 97.3 Å². The van der Waals surface area contributed by atoms with E-state index < -0.39 is 0 Å². The molecule has 0 N–H and O–H groups in total. The van der Waals surface area contributed by atoms with Crippen molar-refractivity contribution >= 4 is 0 Å². The van der Waals surface area contributed by atoms with Gasteiger partial charge in [0.2, 0.25) is 6.04 Å². The van der Waals surface area contributed by atoms with Crippen LogP contribution in [0, 0.1) is 11.3 Å². The summed E-state index contributed by atoms with van der Waals surface area (Å²) in [5, 5.41) is 9.22. The van der Waals surface area contributed by atoms with Crippen LogP contribution in [0.3, 0.4) is 0 Å². The van der Waals surface area contributed by atoms with Gasteiger partial charge in [0.05, 0.1) is 7.11 Å². The van der Waals surface area contributed by atoms with Gasteiger partial charge in [0.1, 0.15) is 24.9 Å². The summed E-state index contributed by atoms with van der Waals surface area (Å²) in [7, 11) is 1.64. The minimum Gasteiger partial charge on any atom is -0.497 e. The first-order valence-electron chi connectivity index (χ1n) is 5.54. The third kappa shape index (κ3) is 2.74. The first kappa shape index (κ1) is 12.5. The van der Waals surface area contributed by atoms with E-state index in [1.165, 1.54) is 0 Å². The minimum atomic E-state index is -0.166. The van der Waals surface area contributed by atoms with Crippen LogP contribution < -0.4 is 9.64 Å². The normalized spacial score (nSPS) is 12.2. The molecule has 1 rings (SSSR count). The van der Waals surface area contributed by atoms with Crippen molar-refractivity contribution in [3.05, 3.63) is 29.8 Å². The third-order valence-electron chi connectivity index (χ3n) is 2.73. The van der Waals surface area contributed by atoms with Crippen LogP contribution in [-0.4, -0.2) is 20.2 Å². The first-order valence-corrected chi connectivity index (χ1v) is 5.54. The molecular formula is C13H18N2O+. The predicted octanol–water partition coefficient (Wildman–Crippen LogP) is 2.44. The molecule has 0 fully saturated rings. The van der Waals surface area contributed by atoms with Crippen molar-refractivity contribution in [1.82, 2.24) is 4.90 Å². The molecule has 1 unspecified atom stereocenters. The molecule has 0 aliphatic carbocycles. The first-order chi connectivity index (χ1) is 7.76. The summed E-state index contributed by atoms with van der Waals surface area (Å²) in [6.07, 6.45) is 0. The van der Waals surface area contributed by atoms with Crippen LogP contribution >= 0.6 is 0 Å². The fourth-order valence-corrected chi connectivity index (χ4v) is 1.74. The number of methoxy groups -OCH3 is 1. The fraction of sp³-hybridized carbons (Fsp3) is 0.462. The molecule has 1 aromatic carbocycles. The summed E-state index contributed by atoms with van der Waals surface area (Å²) < 4.78 is 5.10. The summed E-state index contributed by atoms with van der Waals surface area (Å²) in [5.74, 6) is 0.819. The molecule has 0 spiro atoms. The molecule has 3 heteroatoms. The van der Waals surface area contributed by atoms with Gasteiger partial charge in [-0.25, -0.2) is 0 Å². The molecule has 16 heavy (non-hydrogen) atoms. The molecule has 0 amide bonds. The van der Waals surface area contributed by atoms with E-state index in [0.29, 0.717) is 0 Å². The monoisotopic (exact) mass is 218 g/mol. The molecule has 0 aromatic heterocycles. The second-order valence-electron chi connectivity index (χ2n) is 3.53. The van der Waals surface area contributed by atoms with E-state index in [1.54, 1.807) is 7.11 Å². The second-order valence-corrected chi connectivity index (χ2v) is 3.53. The van der Waals surface area contributed by atoms with Crippen molar-refractivity contribution in [2.75, 3.05) is 20.2 Å². The van der Waals surface area contributed by atoms with Gasteiger partial charge in [-0.05, 0) is 38.1 Å². The van der Waals surface area contributed by atoms with Crippen LogP contribution in [0.15, 0.2) is 24.3 Å². The van der Waals surface area contributed by atoms with Crippen LogP contribution in [0.2, 0.25) is 0 Å². The van der Waals surface area contributed by atoms with Crippen molar-refractivity contribution < 1.29 is 4.74 Å². The van der Waals surface area contributed by atoms with Gasteiger partial charge in [0.25, 0.3) is 0 Å². The van der Waals surface area contributed by atoms with Crippen LogP contribution in [0.4, 0.5) is 0 Å². The number of hydrogen-bond donors (Lipinski definition) is 0. The Kier molecular flexibility index (Phi) is 4.81. The summed E-state index contributed by atoms with van der Waals surface area (Å²) in [5.41, 5.74) is 1.02. The standard InChI is InChI=1S/C13H18N2O/c1-4-15(5-2)13(10-14)11-6-8-12(16-3)9-7-11/h6-9,13H,4-5H2,1-3H3/q+1. The SMILES string of the molecule is CC[N+](CC)C(C#N)c1ccc(OC)cc1. The van der Waals surface area contributed by atoms with Gasteiger partial charge < -0.3 is 4.74 Å². The summed E-state index contributed by atoms with van der Waals surface area (Å²) >= 11 is 0. The van der Waals surface area contributed by atoms with Crippen molar-refractivity contribution in [2.45, 2.75) is 19.9 Å². The lowest BCUT2D eigenvalue weighted by atomic mass is 10.1. The van der Waals surface area contributed by atoms with Crippen LogP contribution in [0.5, 0.6) is 5.75 Å². The van der Waals surface area contributed by atoms with Crippen molar-refractivity contribution in [2.24, 2.45) is 0 Å². The van der Waals surface area contributed by atoms with Crippen molar-refractivity contribution in [3.8, 4) is 11.8 Å². The Morgan fingerprint density at radius 1 is 1.25 bits per heavy atom. The van der Waals surface area contributed by atoms with Gasteiger partial charge in [0, 0.05) is 5.56 Å². The van der Waals surface area contributed by atoms with Crippen LogP contribution in [0.1, 0.15) is 25.5 Å². The maximum absolute atomic E-state index is 9.22. The van der Waals surface area contributed by atoms with Gasteiger partial charge in [-0.15, -0.1) is 0 Å². The largest absolute Gasteiger partial charge is 0.497 e. The predicted molar refractivity (Wildman–Crippen MR) is 64.6 cm³/mol. The summed E-state index contributed by atoms with van der Waals surface area (Å²) in [6, 6.07) is 9.86. The van der Waals surface area contributed by atoms with Gasteiger partial charge in [-0.1, -0.05) is 0 Å². The highest BCUT2D eigenvalue weighted by Crippen LogP contribution is 2.20. The van der Waals surface area contributed by atoms with Gasteiger partial charge in [-0.3, -0.25) is 0 Å². The van der Waals surface area contributed by atoms with Gasteiger partial charge in [-0.2, -0.15) is 10.2 Å². The lowest BCUT2D eigenvalue weighted by molar-refractivity contribution is 0.397. The molecule has 0 aliphatic heterocycles. The molecule has 0 heterocycles. The molecule has 3 nitrogen and oxygen atoms in total. The van der Waals surface area contributed by atoms with E-state index in [-0.39, 0.29) is 6.04 Å². The zero-order chi connectivity index (χ0) is 12.0.